The third kappa shape index (κ3) is 4.83. The van der Waals surface area contributed by atoms with Crippen molar-refractivity contribution >= 4 is 16.8 Å². The van der Waals surface area contributed by atoms with Crippen molar-refractivity contribution in [2.75, 3.05) is 0 Å². The molecule has 1 amide bonds. The Balaban J connectivity index is 0.00000132. The molecule has 0 bridgehead atoms. The summed E-state index contributed by atoms with van der Waals surface area (Å²) in [6, 6.07) is 12.4. The Labute approximate surface area is 178 Å². The molecule has 0 saturated heterocycles. The highest BCUT2D eigenvalue weighted by molar-refractivity contribution is 5.94. The van der Waals surface area contributed by atoms with E-state index in [9.17, 15) is 13.6 Å². The van der Waals surface area contributed by atoms with Crippen LogP contribution in [0.25, 0.3) is 22.2 Å². The molecule has 0 atom stereocenters. The van der Waals surface area contributed by atoms with Crippen molar-refractivity contribution in [1.29, 1.82) is 0 Å². The molecule has 0 fully saturated rings. The largest absolute Gasteiger partial charge is 0.457 e. The van der Waals surface area contributed by atoms with E-state index in [4.69, 9.17) is 10.5 Å². The number of nitrogens with zero attached hydrogens (tertiary/aromatic N) is 2. The summed E-state index contributed by atoms with van der Waals surface area (Å²) < 4.78 is 33.4. The van der Waals surface area contributed by atoms with E-state index in [-0.39, 0.29) is 11.3 Å². The lowest BCUT2D eigenvalue weighted by Gasteiger charge is -2.10. The maximum Gasteiger partial charge on any atom is 0.248 e. The summed E-state index contributed by atoms with van der Waals surface area (Å²) in [5.74, 6) is -1.03. The average molecular weight is 421 g/mol. The molecular formula is C24H21F2N3O2. The Morgan fingerprint density at radius 1 is 0.968 bits per heavy atom. The molecule has 4 rings (SSSR count). The van der Waals surface area contributed by atoms with Crippen LogP contribution in [0, 0.1) is 18.6 Å². The minimum atomic E-state index is -0.607. The number of benzene rings is 2. The number of primary amides is 1. The SMILES string of the molecule is CC.Cc1cc(-c2cc(Oc3cc(F)c4ncc(F)cc4c3)ccn2)ccc1C(N)=O. The second kappa shape index (κ2) is 9.30. The summed E-state index contributed by atoms with van der Waals surface area (Å²) in [5.41, 5.74) is 7.96. The highest BCUT2D eigenvalue weighted by Gasteiger charge is 2.11. The Morgan fingerprint density at radius 2 is 1.74 bits per heavy atom. The molecule has 7 heteroatoms. The molecule has 158 valence electrons. The highest BCUT2D eigenvalue weighted by Crippen LogP contribution is 2.30. The van der Waals surface area contributed by atoms with Gasteiger partial charge in [0.1, 0.15) is 22.8 Å². The minimum Gasteiger partial charge on any atom is -0.457 e. The lowest BCUT2D eigenvalue weighted by Crippen LogP contribution is -2.12. The molecule has 2 heterocycles. The van der Waals surface area contributed by atoms with Gasteiger partial charge in [-0.25, -0.2) is 8.78 Å². The van der Waals surface area contributed by atoms with E-state index in [0.717, 1.165) is 17.3 Å². The molecule has 0 unspecified atom stereocenters. The smallest absolute Gasteiger partial charge is 0.248 e. The molecule has 2 N–H and O–H groups in total. The molecular weight excluding hydrogens is 400 g/mol. The van der Waals surface area contributed by atoms with Crippen molar-refractivity contribution in [3.63, 3.8) is 0 Å². The van der Waals surface area contributed by atoms with E-state index in [2.05, 4.69) is 9.97 Å². The van der Waals surface area contributed by atoms with Crippen molar-refractivity contribution in [2.24, 2.45) is 5.73 Å². The van der Waals surface area contributed by atoms with Crippen LogP contribution in [0.15, 0.2) is 60.9 Å². The number of rotatable bonds is 4. The van der Waals surface area contributed by atoms with Crippen molar-refractivity contribution < 1.29 is 18.3 Å². The van der Waals surface area contributed by atoms with Crippen LogP contribution >= 0.6 is 0 Å². The lowest BCUT2D eigenvalue weighted by atomic mass is 10.0. The second-order valence-electron chi connectivity index (χ2n) is 6.50. The highest BCUT2D eigenvalue weighted by atomic mass is 19.1. The van der Waals surface area contributed by atoms with Crippen LogP contribution in [0.1, 0.15) is 29.8 Å². The molecule has 2 aromatic carbocycles. The first-order chi connectivity index (χ1) is 14.9. The Bertz CT molecular complexity index is 1260. The second-order valence-corrected chi connectivity index (χ2v) is 6.50. The molecule has 0 spiro atoms. The molecule has 0 radical (unpaired) electrons. The standard InChI is InChI=1S/C22H15F2N3O2.C2H6/c1-12-6-13(2-3-18(12)22(25)28)20-10-16(4-5-26-20)29-17-8-14-7-15(23)11-27-21(14)19(24)9-17;1-2/h2-11H,1H3,(H2,25,28);1-2H3. The maximum atomic E-state index is 14.3. The van der Waals surface area contributed by atoms with Gasteiger partial charge in [-0.2, -0.15) is 0 Å². The number of halogens is 2. The van der Waals surface area contributed by atoms with Crippen LogP contribution in [0.4, 0.5) is 8.78 Å². The number of hydrogen-bond donors (Lipinski definition) is 1. The van der Waals surface area contributed by atoms with Gasteiger partial charge in [-0.1, -0.05) is 19.9 Å². The number of nitrogens with two attached hydrogens (primary N) is 1. The first-order valence-corrected chi connectivity index (χ1v) is 9.70. The summed E-state index contributed by atoms with van der Waals surface area (Å²) in [7, 11) is 0. The van der Waals surface area contributed by atoms with Gasteiger partial charge in [0.05, 0.1) is 11.9 Å². The predicted molar refractivity (Wildman–Crippen MR) is 116 cm³/mol. The van der Waals surface area contributed by atoms with Crippen LogP contribution in [0.3, 0.4) is 0 Å². The zero-order valence-electron chi connectivity index (χ0n) is 17.3. The van der Waals surface area contributed by atoms with E-state index < -0.39 is 17.5 Å². The van der Waals surface area contributed by atoms with Gasteiger partial charge in [0.15, 0.2) is 5.82 Å². The fraction of sp³-hybridized carbons (Fsp3) is 0.125. The molecule has 0 aliphatic rings. The minimum absolute atomic E-state index is 0.0687. The fourth-order valence-electron chi connectivity index (χ4n) is 3.08. The first-order valence-electron chi connectivity index (χ1n) is 9.70. The van der Waals surface area contributed by atoms with E-state index in [1.54, 1.807) is 43.5 Å². The zero-order chi connectivity index (χ0) is 22.5. The number of fused-ring (bicyclic) bond motifs is 1. The molecule has 0 saturated carbocycles. The van der Waals surface area contributed by atoms with Gasteiger partial charge in [-0.15, -0.1) is 0 Å². The van der Waals surface area contributed by atoms with Crippen molar-refractivity contribution in [3.05, 3.63) is 83.7 Å². The number of aryl methyl sites for hydroxylation is 1. The van der Waals surface area contributed by atoms with Crippen LogP contribution in [-0.2, 0) is 0 Å². The zero-order valence-corrected chi connectivity index (χ0v) is 17.3. The van der Waals surface area contributed by atoms with Gasteiger partial charge < -0.3 is 10.5 Å². The topological polar surface area (TPSA) is 78.1 Å². The molecule has 4 aromatic rings. The molecule has 0 aliphatic heterocycles. The third-order valence-electron chi connectivity index (χ3n) is 4.43. The predicted octanol–water partition coefficient (Wildman–Crippen LogP) is 5.80. The lowest BCUT2D eigenvalue weighted by molar-refractivity contribution is 0.0999. The molecule has 31 heavy (non-hydrogen) atoms. The van der Waals surface area contributed by atoms with Crippen molar-refractivity contribution in [1.82, 2.24) is 9.97 Å². The number of pyridine rings is 2. The summed E-state index contributed by atoms with van der Waals surface area (Å²) >= 11 is 0. The number of carbonyl (C=O) groups excluding carboxylic acids is 1. The Morgan fingerprint density at radius 3 is 2.45 bits per heavy atom. The number of aromatic nitrogens is 2. The Kier molecular flexibility index (Phi) is 6.55. The van der Waals surface area contributed by atoms with E-state index >= 15 is 0 Å². The summed E-state index contributed by atoms with van der Waals surface area (Å²) in [4.78, 5) is 19.5. The monoisotopic (exact) mass is 421 g/mol. The van der Waals surface area contributed by atoms with Gasteiger partial charge >= 0.3 is 0 Å². The molecule has 5 nitrogen and oxygen atoms in total. The summed E-state index contributed by atoms with van der Waals surface area (Å²) in [6.07, 6.45) is 2.52. The van der Waals surface area contributed by atoms with Gasteiger partial charge in [0.25, 0.3) is 0 Å². The van der Waals surface area contributed by atoms with Crippen molar-refractivity contribution in [2.45, 2.75) is 20.8 Å². The van der Waals surface area contributed by atoms with Crippen LogP contribution in [0.5, 0.6) is 11.5 Å². The summed E-state index contributed by atoms with van der Waals surface area (Å²) in [5, 5.41) is 0.298. The van der Waals surface area contributed by atoms with Crippen LogP contribution in [0.2, 0.25) is 0 Å². The van der Waals surface area contributed by atoms with Gasteiger partial charge in [0.2, 0.25) is 5.91 Å². The first kappa shape index (κ1) is 21.8. The van der Waals surface area contributed by atoms with Gasteiger partial charge in [0, 0.05) is 34.8 Å². The van der Waals surface area contributed by atoms with E-state index in [0.29, 0.717) is 22.4 Å². The Hall–Kier alpha value is -3.87. The van der Waals surface area contributed by atoms with Crippen LogP contribution < -0.4 is 10.5 Å². The number of hydrogen-bond acceptors (Lipinski definition) is 4. The number of amides is 1. The number of ether oxygens (including phenoxy) is 1. The average Bonchev–Trinajstić information content (AvgIpc) is 2.74. The van der Waals surface area contributed by atoms with Gasteiger partial charge in [-0.05, 0) is 42.8 Å². The van der Waals surface area contributed by atoms with E-state index in [1.807, 2.05) is 13.8 Å². The molecule has 0 aliphatic carbocycles. The molecule has 2 aromatic heterocycles. The third-order valence-corrected chi connectivity index (χ3v) is 4.43. The normalized spacial score (nSPS) is 10.4. The number of carbonyl (C=O) groups is 1. The van der Waals surface area contributed by atoms with Crippen molar-refractivity contribution in [3.8, 4) is 22.8 Å². The van der Waals surface area contributed by atoms with Crippen LogP contribution in [-0.4, -0.2) is 15.9 Å². The van der Waals surface area contributed by atoms with Gasteiger partial charge in [-0.3, -0.25) is 14.8 Å². The summed E-state index contributed by atoms with van der Waals surface area (Å²) in [6.45, 7) is 5.79. The fourth-order valence-corrected chi connectivity index (χ4v) is 3.08. The quantitative estimate of drug-likeness (QED) is 0.452. The van der Waals surface area contributed by atoms with E-state index in [1.165, 1.54) is 18.2 Å². The maximum absolute atomic E-state index is 14.3.